The van der Waals surface area contributed by atoms with E-state index < -0.39 is 11.5 Å². The van der Waals surface area contributed by atoms with Crippen molar-refractivity contribution in [2.75, 3.05) is 0 Å². The number of hydrogen-bond donors (Lipinski definition) is 1. The second kappa shape index (κ2) is 5.19. The van der Waals surface area contributed by atoms with Crippen molar-refractivity contribution < 1.29 is 5.11 Å². The second-order valence-corrected chi connectivity index (χ2v) is 6.09. The van der Waals surface area contributed by atoms with Crippen molar-refractivity contribution in [3.8, 4) is 6.07 Å². The van der Waals surface area contributed by atoms with Crippen LogP contribution < -0.4 is 0 Å². The Hall–Kier alpha value is -0.550. The minimum atomic E-state index is -0.454. The van der Waals surface area contributed by atoms with Gasteiger partial charge in [-0.1, -0.05) is 33.6 Å². The van der Waals surface area contributed by atoms with Crippen molar-refractivity contribution >= 4 is 0 Å². The van der Waals surface area contributed by atoms with Gasteiger partial charge >= 0.3 is 0 Å². The molecule has 2 nitrogen and oxygen atoms in total. The van der Waals surface area contributed by atoms with Gasteiger partial charge in [0.25, 0.3) is 0 Å². The topological polar surface area (TPSA) is 44.0 Å². The van der Waals surface area contributed by atoms with Gasteiger partial charge in [-0.25, -0.2) is 0 Å². The maximum absolute atomic E-state index is 10.2. The normalized spacial score (nSPS) is 24.7. The van der Waals surface area contributed by atoms with Crippen LogP contribution in [0.4, 0.5) is 0 Å². The fraction of sp³-hybridized carbons (Fsp3) is 0.929. The van der Waals surface area contributed by atoms with Crippen LogP contribution in [-0.4, -0.2) is 11.2 Å². The molecule has 1 rings (SSSR count). The molecule has 0 spiro atoms. The fourth-order valence-corrected chi connectivity index (χ4v) is 2.57. The Bertz CT molecular complexity index is 254. The van der Waals surface area contributed by atoms with E-state index in [1.165, 1.54) is 0 Å². The molecule has 1 fully saturated rings. The van der Waals surface area contributed by atoms with Gasteiger partial charge in [0.15, 0.2) is 0 Å². The summed E-state index contributed by atoms with van der Waals surface area (Å²) in [7, 11) is 0. The number of aliphatic hydroxyl groups is 1. The molecular weight excluding hydrogens is 198 g/mol. The lowest BCUT2D eigenvalue weighted by Crippen LogP contribution is -2.39. The van der Waals surface area contributed by atoms with Crippen LogP contribution in [0.1, 0.15) is 65.7 Å². The molecule has 0 aromatic carbocycles. The molecule has 0 bridgehead atoms. The number of aliphatic hydroxyl groups excluding tert-OH is 1. The molecular formula is C14H25NO. The van der Waals surface area contributed by atoms with E-state index in [0.717, 1.165) is 44.9 Å². The predicted molar refractivity (Wildman–Crippen MR) is 65.8 cm³/mol. The van der Waals surface area contributed by atoms with Gasteiger partial charge < -0.3 is 5.11 Å². The van der Waals surface area contributed by atoms with Crippen LogP contribution in [0.15, 0.2) is 0 Å². The molecule has 1 saturated carbocycles. The summed E-state index contributed by atoms with van der Waals surface area (Å²) in [5.74, 6) is 0. The van der Waals surface area contributed by atoms with Crippen molar-refractivity contribution in [2.45, 2.75) is 71.8 Å². The van der Waals surface area contributed by atoms with Crippen LogP contribution in [0.5, 0.6) is 0 Å². The largest absolute Gasteiger partial charge is 0.391 e. The van der Waals surface area contributed by atoms with E-state index in [9.17, 15) is 10.4 Å². The zero-order valence-corrected chi connectivity index (χ0v) is 10.9. The Kier molecular flexibility index (Phi) is 4.38. The monoisotopic (exact) mass is 223 g/mol. The van der Waals surface area contributed by atoms with Crippen molar-refractivity contribution in [1.29, 1.82) is 5.26 Å². The van der Waals surface area contributed by atoms with E-state index in [1.807, 2.05) is 0 Å². The van der Waals surface area contributed by atoms with Crippen molar-refractivity contribution in [1.82, 2.24) is 0 Å². The first kappa shape index (κ1) is 13.5. The highest BCUT2D eigenvalue weighted by atomic mass is 16.3. The molecule has 0 aromatic heterocycles. The van der Waals surface area contributed by atoms with Crippen molar-refractivity contribution in [3.63, 3.8) is 0 Å². The van der Waals surface area contributed by atoms with Crippen molar-refractivity contribution in [2.24, 2.45) is 10.8 Å². The Labute approximate surface area is 99.7 Å². The highest BCUT2D eigenvalue weighted by Crippen LogP contribution is 2.47. The van der Waals surface area contributed by atoms with Crippen LogP contribution in [0.2, 0.25) is 0 Å². The molecule has 16 heavy (non-hydrogen) atoms. The third-order valence-electron chi connectivity index (χ3n) is 4.19. The van der Waals surface area contributed by atoms with Gasteiger partial charge in [-0.15, -0.1) is 0 Å². The highest BCUT2D eigenvalue weighted by molar-refractivity contribution is 5.06. The Morgan fingerprint density at radius 3 is 2.25 bits per heavy atom. The summed E-state index contributed by atoms with van der Waals surface area (Å²) in [6, 6.07) is 2.41. The van der Waals surface area contributed by atoms with E-state index in [0.29, 0.717) is 5.41 Å². The summed E-state index contributed by atoms with van der Waals surface area (Å²) in [4.78, 5) is 0. The van der Waals surface area contributed by atoms with Crippen molar-refractivity contribution in [3.05, 3.63) is 0 Å². The number of hydrogen-bond acceptors (Lipinski definition) is 2. The molecule has 1 N–H and O–H groups in total. The van der Waals surface area contributed by atoms with Gasteiger partial charge in [0.05, 0.1) is 17.6 Å². The number of rotatable bonds is 4. The lowest BCUT2D eigenvalue weighted by molar-refractivity contribution is 0.00494. The molecule has 0 saturated heterocycles. The van der Waals surface area contributed by atoms with Gasteiger partial charge in [-0.3, -0.25) is 0 Å². The molecule has 1 aliphatic carbocycles. The smallest absolute Gasteiger partial charge is 0.0832 e. The Balaban J connectivity index is 2.63. The SMILES string of the molecule is CCCCC(O)C1(C#N)CCC(C)(C)CC1. The lowest BCUT2D eigenvalue weighted by Gasteiger charge is -2.41. The highest BCUT2D eigenvalue weighted by Gasteiger charge is 2.43. The molecule has 0 aromatic rings. The van der Waals surface area contributed by atoms with Crippen LogP contribution in [0, 0.1) is 22.2 Å². The Morgan fingerprint density at radius 2 is 1.81 bits per heavy atom. The Morgan fingerprint density at radius 1 is 1.25 bits per heavy atom. The molecule has 92 valence electrons. The minimum absolute atomic E-state index is 0.352. The fourth-order valence-electron chi connectivity index (χ4n) is 2.57. The molecule has 0 amide bonds. The lowest BCUT2D eigenvalue weighted by atomic mass is 9.63. The van der Waals surface area contributed by atoms with E-state index in [1.54, 1.807) is 0 Å². The van der Waals surface area contributed by atoms with E-state index in [-0.39, 0.29) is 0 Å². The van der Waals surface area contributed by atoms with Gasteiger partial charge in [0, 0.05) is 0 Å². The molecule has 0 aliphatic heterocycles. The van der Waals surface area contributed by atoms with E-state index in [4.69, 9.17) is 0 Å². The summed E-state index contributed by atoms with van der Waals surface area (Å²) >= 11 is 0. The summed E-state index contributed by atoms with van der Waals surface area (Å²) in [6.45, 7) is 6.63. The third kappa shape index (κ3) is 2.98. The zero-order chi connectivity index (χ0) is 12.2. The minimum Gasteiger partial charge on any atom is -0.391 e. The average molecular weight is 223 g/mol. The molecule has 2 heteroatoms. The average Bonchev–Trinajstić information content (AvgIpc) is 2.27. The zero-order valence-electron chi connectivity index (χ0n) is 10.9. The van der Waals surface area contributed by atoms with E-state index >= 15 is 0 Å². The third-order valence-corrected chi connectivity index (χ3v) is 4.19. The first-order chi connectivity index (χ1) is 7.46. The van der Waals surface area contributed by atoms with E-state index in [2.05, 4.69) is 26.8 Å². The van der Waals surface area contributed by atoms with Crippen LogP contribution in [-0.2, 0) is 0 Å². The quantitative estimate of drug-likeness (QED) is 0.790. The summed E-state index contributed by atoms with van der Waals surface area (Å²) in [6.07, 6.45) is 6.31. The van der Waals surface area contributed by atoms with Gasteiger partial charge in [0.1, 0.15) is 0 Å². The maximum Gasteiger partial charge on any atom is 0.0832 e. The summed E-state index contributed by atoms with van der Waals surface area (Å²) < 4.78 is 0. The molecule has 0 heterocycles. The molecule has 1 unspecified atom stereocenters. The summed E-state index contributed by atoms with van der Waals surface area (Å²) in [5.41, 5.74) is -0.102. The van der Waals surface area contributed by atoms with Crippen LogP contribution in [0.3, 0.4) is 0 Å². The predicted octanol–water partition coefficient (Wildman–Crippen LogP) is 3.65. The van der Waals surface area contributed by atoms with Crippen LogP contribution in [0.25, 0.3) is 0 Å². The standard InChI is InChI=1S/C14H25NO/c1-4-5-6-12(16)14(11-15)9-7-13(2,3)8-10-14/h12,16H,4-10H2,1-3H3. The van der Waals surface area contributed by atoms with Gasteiger partial charge in [0.2, 0.25) is 0 Å². The first-order valence-electron chi connectivity index (χ1n) is 6.55. The maximum atomic E-state index is 10.2. The molecule has 1 atom stereocenters. The number of nitrogens with zero attached hydrogens (tertiary/aromatic N) is 1. The summed E-state index contributed by atoms with van der Waals surface area (Å²) in [5, 5.41) is 19.6. The first-order valence-corrected chi connectivity index (χ1v) is 6.55. The van der Waals surface area contributed by atoms with Gasteiger partial charge in [-0.05, 0) is 37.5 Å². The molecule has 1 aliphatic rings. The van der Waals surface area contributed by atoms with Gasteiger partial charge in [-0.2, -0.15) is 5.26 Å². The second-order valence-electron chi connectivity index (χ2n) is 6.09. The molecule has 0 radical (unpaired) electrons. The number of unbranched alkanes of at least 4 members (excludes halogenated alkanes) is 1. The number of nitriles is 1. The van der Waals surface area contributed by atoms with Crippen LogP contribution >= 0.6 is 0 Å².